The standard InChI is InChI=1S/C26H23BO3/c1-26(2,3)17-14-12-16(13-15-17)22-18-8-4-5-9-19(18)23-20-10-6-7-11-21(20)30-25(23)24(22)27(28)29/h4-15,28-29H,1-3H3. The first-order valence-electron chi connectivity index (χ1n) is 10.2. The van der Waals surface area contributed by atoms with E-state index in [1.54, 1.807) is 0 Å². The summed E-state index contributed by atoms with van der Waals surface area (Å²) in [5.74, 6) is 0. The summed E-state index contributed by atoms with van der Waals surface area (Å²) in [5.41, 5.74) is 4.68. The van der Waals surface area contributed by atoms with Gasteiger partial charge in [-0.1, -0.05) is 87.5 Å². The first kappa shape index (κ1) is 18.9. The normalized spacial score (nSPS) is 12.2. The summed E-state index contributed by atoms with van der Waals surface area (Å²) < 4.78 is 6.17. The lowest BCUT2D eigenvalue weighted by atomic mass is 9.72. The van der Waals surface area contributed by atoms with Crippen LogP contribution in [0.1, 0.15) is 26.3 Å². The average molecular weight is 394 g/mol. The van der Waals surface area contributed by atoms with Gasteiger partial charge in [0.1, 0.15) is 11.2 Å². The van der Waals surface area contributed by atoms with E-state index >= 15 is 0 Å². The highest BCUT2D eigenvalue weighted by atomic mass is 16.4. The summed E-state index contributed by atoms with van der Waals surface area (Å²) in [7, 11) is -1.66. The molecule has 5 aromatic rings. The molecule has 0 radical (unpaired) electrons. The third-order valence-corrected chi connectivity index (χ3v) is 5.87. The molecule has 0 amide bonds. The molecular formula is C26H23BO3. The largest absolute Gasteiger partial charge is 0.492 e. The Labute approximate surface area is 175 Å². The zero-order valence-electron chi connectivity index (χ0n) is 17.3. The summed E-state index contributed by atoms with van der Waals surface area (Å²) in [4.78, 5) is 0. The summed E-state index contributed by atoms with van der Waals surface area (Å²) in [6, 6.07) is 24.3. The van der Waals surface area contributed by atoms with Gasteiger partial charge in [-0.2, -0.15) is 0 Å². The average Bonchev–Trinajstić information content (AvgIpc) is 3.11. The van der Waals surface area contributed by atoms with Crippen LogP contribution in [0.15, 0.2) is 77.2 Å². The quantitative estimate of drug-likeness (QED) is 0.395. The molecule has 0 unspecified atom stereocenters. The number of para-hydroxylation sites is 1. The van der Waals surface area contributed by atoms with Crippen LogP contribution in [0, 0.1) is 0 Å². The van der Waals surface area contributed by atoms with Crippen LogP contribution in [0.25, 0.3) is 43.8 Å². The van der Waals surface area contributed by atoms with Crippen molar-refractivity contribution in [3.8, 4) is 11.1 Å². The minimum Gasteiger partial charge on any atom is -0.456 e. The van der Waals surface area contributed by atoms with E-state index in [0.29, 0.717) is 11.0 Å². The number of hydrogen-bond acceptors (Lipinski definition) is 3. The van der Waals surface area contributed by atoms with Gasteiger partial charge < -0.3 is 14.5 Å². The molecule has 0 spiro atoms. The molecule has 1 aromatic heterocycles. The van der Waals surface area contributed by atoms with Crippen LogP contribution in [0.5, 0.6) is 0 Å². The number of rotatable bonds is 2. The van der Waals surface area contributed by atoms with Crippen molar-refractivity contribution < 1.29 is 14.5 Å². The van der Waals surface area contributed by atoms with Crippen molar-refractivity contribution in [1.29, 1.82) is 0 Å². The van der Waals surface area contributed by atoms with Crippen molar-refractivity contribution in [2.75, 3.05) is 0 Å². The Morgan fingerprint density at radius 1 is 0.733 bits per heavy atom. The molecule has 148 valence electrons. The smallest absolute Gasteiger partial charge is 0.456 e. The molecule has 0 bridgehead atoms. The highest BCUT2D eigenvalue weighted by Crippen LogP contribution is 2.39. The lowest BCUT2D eigenvalue weighted by Gasteiger charge is -2.20. The molecule has 5 rings (SSSR count). The number of furan rings is 1. The topological polar surface area (TPSA) is 53.6 Å². The molecule has 30 heavy (non-hydrogen) atoms. The van der Waals surface area contributed by atoms with Crippen LogP contribution in [0.4, 0.5) is 0 Å². The Hall–Kier alpha value is -3.08. The van der Waals surface area contributed by atoms with Gasteiger partial charge in [-0.3, -0.25) is 0 Å². The van der Waals surface area contributed by atoms with Crippen LogP contribution >= 0.6 is 0 Å². The van der Waals surface area contributed by atoms with Gasteiger partial charge in [0, 0.05) is 16.2 Å². The predicted octanol–water partition coefficient (Wildman–Crippen LogP) is 5.38. The zero-order valence-corrected chi connectivity index (χ0v) is 17.3. The summed E-state index contributed by atoms with van der Waals surface area (Å²) in [5, 5.41) is 24.8. The third-order valence-electron chi connectivity index (χ3n) is 5.87. The Morgan fingerprint density at radius 2 is 1.33 bits per heavy atom. The van der Waals surface area contributed by atoms with E-state index in [2.05, 4.69) is 51.1 Å². The number of fused-ring (bicyclic) bond motifs is 5. The minimum atomic E-state index is -1.66. The second-order valence-electron chi connectivity index (χ2n) is 8.84. The van der Waals surface area contributed by atoms with Crippen LogP contribution in [-0.4, -0.2) is 17.2 Å². The lowest BCUT2D eigenvalue weighted by Crippen LogP contribution is -2.32. The molecule has 0 aliphatic carbocycles. The molecule has 0 saturated carbocycles. The van der Waals surface area contributed by atoms with Crippen LogP contribution in [0.2, 0.25) is 0 Å². The first-order valence-corrected chi connectivity index (χ1v) is 10.2. The van der Waals surface area contributed by atoms with Crippen LogP contribution in [-0.2, 0) is 5.41 Å². The van der Waals surface area contributed by atoms with Crippen molar-refractivity contribution in [2.45, 2.75) is 26.2 Å². The van der Waals surface area contributed by atoms with E-state index in [-0.39, 0.29) is 5.41 Å². The van der Waals surface area contributed by atoms with E-state index in [4.69, 9.17) is 4.42 Å². The second-order valence-corrected chi connectivity index (χ2v) is 8.84. The van der Waals surface area contributed by atoms with E-state index in [1.807, 2.05) is 42.5 Å². The lowest BCUT2D eigenvalue weighted by molar-refractivity contribution is 0.426. The second kappa shape index (κ2) is 6.73. The fourth-order valence-corrected chi connectivity index (χ4v) is 4.37. The Morgan fingerprint density at radius 3 is 1.97 bits per heavy atom. The van der Waals surface area contributed by atoms with Gasteiger partial charge in [-0.05, 0) is 38.9 Å². The fourth-order valence-electron chi connectivity index (χ4n) is 4.37. The SMILES string of the molecule is CC(C)(C)c1ccc(-c2c(B(O)O)c3oc4ccccc4c3c3ccccc23)cc1. The number of hydrogen-bond donors (Lipinski definition) is 2. The first-order chi connectivity index (χ1) is 14.4. The van der Waals surface area contributed by atoms with Gasteiger partial charge in [0.05, 0.1) is 0 Å². The molecule has 4 heteroatoms. The van der Waals surface area contributed by atoms with Crippen LogP contribution in [0.3, 0.4) is 0 Å². The molecule has 1 heterocycles. The van der Waals surface area contributed by atoms with Crippen molar-refractivity contribution >= 4 is 45.3 Å². The summed E-state index contributed by atoms with van der Waals surface area (Å²) >= 11 is 0. The summed E-state index contributed by atoms with van der Waals surface area (Å²) in [6.07, 6.45) is 0. The molecule has 0 fully saturated rings. The molecule has 0 saturated heterocycles. The van der Waals surface area contributed by atoms with Gasteiger partial charge in [0.2, 0.25) is 0 Å². The molecule has 0 aliphatic rings. The molecule has 3 nitrogen and oxygen atoms in total. The maximum atomic E-state index is 10.4. The Bertz CT molecular complexity index is 1390. The summed E-state index contributed by atoms with van der Waals surface area (Å²) in [6.45, 7) is 6.54. The molecular weight excluding hydrogens is 371 g/mol. The molecule has 4 aromatic carbocycles. The van der Waals surface area contributed by atoms with E-state index in [9.17, 15) is 10.0 Å². The Balaban J connectivity index is 1.94. The molecule has 2 N–H and O–H groups in total. The van der Waals surface area contributed by atoms with E-state index < -0.39 is 7.12 Å². The van der Waals surface area contributed by atoms with Gasteiger partial charge in [-0.25, -0.2) is 0 Å². The monoisotopic (exact) mass is 394 g/mol. The van der Waals surface area contributed by atoms with Gasteiger partial charge in [0.25, 0.3) is 0 Å². The highest BCUT2D eigenvalue weighted by molar-refractivity contribution is 6.65. The van der Waals surface area contributed by atoms with Gasteiger partial charge in [-0.15, -0.1) is 0 Å². The third kappa shape index (κ3) is 2.84. The molecule has 0 atom stereocenters. The molecule has 0 aliphatic heterocycles. The number of benzene rings is 4. The maximum Gasteiger partial charge on any atom is 0.492 e. The van der Waals surface area contributed by atoms with Gasteiger partial charge >= 0.3 is 7.12 Å². The fraction of sp³-hybridized carbons (Fsp3) is 0.154. The van der Waals surface area contributed by atoms with Crippen molar-refractivity contribution in [3.63, 3.8) is 0 Å². The minimum absolute atomic E-state index is 0.0443. The van der Waals surface area contributed by atoms with E-state index in [1.165, 1.54) is 5.56 Å². The van der Waals surface area contributed by atoms with Crippen molar-refractivity contribution in [3.05, 3.63) is 78.4 Å². The van der Waals surface area contributed by atoms with Crippen molar-refractivity contribution in [2.24, 2.45) is 0 Å². The van der Waals surface area contributed by atoms with E-state index in [0.717, 1.165) is 38.3 Å². The highest BCUT2D eigenvalue weighted by Gasteiger charge is 2.27. The zero-order chi connectivity index (χ0) is 21.0. The van der Waals surface area contributed by atoms with Crippen molar-refractivity contribution in [1.82, 2.24) is 0 Å². The maximum absolute atomic E-state index is 10.4. The Kier molecular flexibility index (Phi) is 4.24. The van der Waals surface area contributed by atoms with Crippen LogP contribution < -0.4 is 5.46 Å². The predicted molar refractivity (Wildman–Crippen MR) is 125 cm³/mol. The van der Waals surface area contributed by atoms with Gasteiger partial charge in [0.15, 0.2) is 0 Å².